The van der Waals surface area contributed by atoms with Crippen LogP contribution < -0.4 is 15.6 Å². The Kier molecular flexibility index (Phi) is 5.49. The van der Waals surface area contributed by atoms with E-state index in [1.165, 1.54) is 5.56 Å². The van der Waals surface area contributed by atoms with Gasteiger partial charge in [0.05, 0.1) is 30.8 Å². The molecule has 0 saturated carbocycles. The van der Waals surface area contributed by atoms with E-state index in [9.17, 15) is 0 Å². The molecular formula is C23H21ClN4O. The number of rotatable bonds is 5. The van der Waals surface area contributed by atoms with Gasteiger partial charge in [0.15, 0.2) is 0 Å². The minimum atomic E-state index is 0.0839. The van der Waals surface area contributed by atoms with Gasteiger partial charge in [-0.05, 0) is 53.1 Å². The Balaban J connectivity index is 1.71. The van der Waals surface area contributed by atoms with Crippen molar-refractivity contribution in [1.29, 1.82) is 0 Å². The van der Waals surface area contributed by atoms with Crippen LogP contribution in [0.5, 0.6) is 5.75 Å². The summed E-state index contributed by atoms with van der Waals surface area (Å²) in [6, 6.07) is 24.1. The summed E-state index contributed by atoms with van der Waals surface area (Å²) >= 11 is 6.05. The molecule has 0 saturated heterocycles. The van der Waals surface area contributed by atoms with Crippen LogP contribution in [0.4, 0.5) is 5.69 Å². The summed E-state index contributed by atoms with van der Waals surface area (Å²) in [7, 11) is 1.67. The number of benzene rings is 3. The Labute approximate surface area is 175 Å². The quantitative estimate of drug-likeness (QED) is 0.370. The summed E-state index contributed by atoms with van der Waals surface area (Å²) in [5.41, 5.74) is 5.21. The molecule has 0 fully saturated rings. The first kappa shape index (κ1) is 19.0. The molecule has 0 aliphatic carbocycles. The van der Waals surface area contributed by atoms with E-state index in [-0.39, 0.29) is 6.04 Å². The maximum Gasteiger partial charge on any atom is 0.118 e. The SMILES string of the molecule is COc1ccc([C@@H]2CC(c3ccc(Cl)cc3)=NN2c2ccc(/C=N\N)cc2)cc1. The Morgan fingerprint density at radius 2 is 1.72 bits per heavy atom. The lowest BCUT2D eigenvalue weighted by atomic mass is 9.98. The van der Waals surface area contributed by atoms with Gasteiger partial charge in [-0.1, -0.05) is 48.0 Å². The molecule has 1 aliphatic heterocycles. The standard InChI is InChI=1S/C23H21ClN4O/c1-29-21-12-6-18(7-13-21)23-14-22(17-4-8-19(24)9-5-17)27-28(23)20-10-2-16(3-11-20)15-26-25/h2-13,15,23H,14,25H2,1H3/b26-15-/t23-/m0/s1. The van der Waals surface area contributed by atoms with Gasteiger partial charge in [0.25, 0.3) is 0 Å². The fourth-order valence-corrected chi connectivity index (χ4v) is 3.58. The summed E-state index contributed by atoms with van der Waals surface area (Å²) in [6.07, 6.45) is 2.41. The highest BCUT2D eigenvalue weighted by Gasteiger charge is 2.30. The normalized spacial score (nSPS) is 16.3. The van der Waals surface area contributed by atoms with E-state index >= 15 is 0 Å². The molecule has 6 heteroatoms. The molecule has 0 bridgehead atoms. The predicted molar refractivity (Wildman–Crippen MR) is 119 cm³/mol. The Morgan fingerprint density at radius 1 is 1.03 bits per heavy atom. The van der Waals surface area contributed by atoms with Gasteiger partial charge >= 0.3 is 0 Å². The van der Waals surface area contributed by atoms with Crippen LogP contribution in [0.25, 0.3) is 0 Å². The van der Waals surface area contributed by atoms with E-state index in [1.54, 1.807) is 13.3 Å². The highest BCUT2D eigenvalue weighted by Crippen LogP contribution is 2.37. The van der Waals surface area contributed by atoms with Crippen LogP contribution in [0.3, 0.4) is 0 Å². The van der Waals surface area contributed by atoms with Crippen molar-refractivity contribution in [3.05, 3.63) is 94.5 Å². The van der Waals surface area contributed by atoms with Crippen LogP contribution in [-0.2, 0) is 0 Å². The summed E-state index contributed by atoms with van der Waals surface area (Å²) in [6.45, 7) is 0. The molecule has 0 amide bonds. The predicted octanol–water partition coefficient (Wildman–Crippen LogP) is 5.00. The fraction of sp³-hybridized carbons (Fsp3) is 0.130. The van der Waals surface area contributed by atoms with Gasteiger partial charge in [0.2, 0.25) is 0 Å². The van der Waals surface area contributed by atoms with Crippen molar-refractivity contribution in [3.63, 3.8) is 0 Å². The van der Waals surface area contributed by atoms with E-state index < -0.39 is 0 Å². The molecule has 3 aromatic rings. The molecule has 0 aromatic heterocycles. The van der Waals surface area contributed by atoms with Gasteiger partial charge in [-0.15, -0.1) is 0 Å². The molecule has 0 unspecified atom stereocenters. The number of methoxy groups -OCH3 is 1. The van der Waals surface area contributed by atoms with Crippen molar-refractivity contribution >= 4 is 29.2 Å². The van der Waals surface area contributed by atoms with Crippen molar-refractivity contribution in [1.82, 2.24) is 0 Å². The Bertz CT molecular complexity index is 1030. The van der Waals surface area contributed by atoms with E-state index in [1.807, 2.05) is 60.7 Å². The number of anilines is 1. The number of nitrogens with zero attached hydrogens (tertiary/aromatic N) is 3. The zero-order chi connectivity index (χ0) is 20.2. The van der Waals surface area contributed by atoms with E-state index in [0.29, 0.717) is 5.02 Å². The highest BCUT2D eigenvalue weighted by atomic mass is 35.5. The van der Waals surface area contributed by atoms with Crippen molar-refractivity contribution in [2.24, 2.45) is 16.0 Å². The molecule has 1 heterocycles. The molecule has 2 N–H and O–H groups in total. The molecular weight excluding hydrogens is 384 g/mol. The largest absolute Gasteiger partial charge is 0.497 e. The second-order valence-electron chi connectivity index (χ2n) is 6.76. The number of hydrogen-bond acceptors (Lipinski definition) is 5. The molecule has 146 valence electrons. The van der Waals surface area contributed by atoms with Gasteiger partial charge < -0.3 is 10.6 Å². The zero-order valence-corrected chi connectivity index (χ0v) is 16.8. The topological polar surface area (TPSA) is 63.2 Å². The maximum atomic E-state index is 6.05. The fourth-order valence-electron chi connectivity index (χ4n) is 3.45. The summed E-state index contributed by atoms with van der Waals surface area (Å²) < 4.78 is 5.30. The van der Waals surface area contributed by atoms with Crippen molar-refractivity contribution < 1.29 is 4.74 Å². The Morgan fingerprint density at radius 3 is 2.34 bits per heavy atom. The lowest BCUT2D eigenvalue weighted by molar-refractivity contribution is 0.414. The number of hydrazone groups is 2. The number of halogens is 1. The van der Waals surface area contributed by atoms with Crippen LogP contribution in [0.1, 0.15) is 29.2 Å². The van der Waals surface area contributed by atoms with Crippen LogP contribution in [0.2, 0.25) is 5.02 Å². The molecule has 5 nitrogen and oxygen atoms in total. The highest BCUT2D eigenvalue weighted by molar-refractivity contribution is 6.30. The molecule has 1 atom stereocenters. The first-order valence-corrected chi connectivity index (χ1v) is 9.65. The molecule has 1 aliphatic rings. The summed E-state index contributed by atoms with van der Waals surface area (Å²) in [5, 5.41) is 11.3. The molecule has 4 rings (SSSR count). The van der Waals surface area contributed by atoms with E-state index in [2.05, 4.69) is 22.2 Å². The van der Waals surface area contributed by atoms with Gasteiger partial charge in [-0.2, -0.15) is 10.2 Å². The van der Waals surface area contributed by atoms with Crippen LogP contribution in [0, 0.1) is 0 Å². The monoisotopic (exact) mass is 404 g/mol. The molecule has 29 heavy (non-hydrogen) atoms. The third kappa shape index (κ3) is 4.10. The van der Waals surface area contributed by atoms with Crippen LogP contribution >= 0.6 is 11.6 Å². The van der Waals surface area contributed by atoms with E-state index in [4.69, 9.17) is 27.3 Å². The Hall–Kier alpha value is -3.31. The summed E-state index contributed by atoms with van der Waals surface area (Å²) in [5.74, 6) is 6.09. The number of hydrogen-bond donors (Lipinski definition) is 1. The zero-order valence-electron chi connectivity index (χ0n) is 16.0. The van der Waals surface area contributed by atoms with Gasteiger partial charge in [-0.3, -0.25) is 5.01 Å². The first-order valence-electron chi connectivity index (χ1n) is 9.28. The second kappa shape index (κ2) is 8.37. The third-order valence-electron chi connectivity index (χ3n) is 4.97. The second-order valence-corrected chi connectivity index (χ2v) is 7.20. The van der Waals surface area contributed by atoms with Crippen LogP contribution in [0.15, 0.2) is 83.0 Å². The van der Waals surface area contributed by atoms with Gasteiger partial charge in [-0.25, -0.2) is 0 Å². The first-order chi connectivity index (χ1) is 14.2. The van der Waals surface area contributed by atoms with Crippen molar-refractivity contribution in [3.8, 4) is 5.75 Å². The lowest BCUT2D eigenvalue weighted by Crippen LogP contribution is -2.18. The average Bonchev–Trinajstić information content (AvgIpc) is 3.20. The van der Waals surface area contributed by atoms with E-state index in [0.717, 1.165) is 34.7 Å². The maximum absolute atomic E-state index is 6.05. The average molecular weight is 405 g/mol. The van der Waals surface area contributed by atoms with Gasteiger partial charge in [0.1, 0.15) is 5.75 Å². The van der Waals surface area contributed by atoms with Gasteiger partial charge in [0, 0.05) is 11.4 Å². The smallest absolute Gasteiger partial charge is 0.118 e. The summed E-state index contributed by atoms with van der Waals surface area (Å²) in [4.78, 5) is 0. The minimum Gasteiger partial charge on any atom is -0.497 e. The lowest BCUT2D eigenvalue weighted by Gasteiger charge is -2.24. The third-order valence-corrected chi connectivity index (χ3v) is 5.22. The molecule has 3 aromatic carbocycles. The molecule has 0 spiro atoms. The van der Waals surface area contributed by atoms with Crippen molar-refractivity contribution in [2.75, 3.05) is 12.1 Å². The number of ether oxygens (including phenoxy) is 1. The van der Waals surface area contributed by atoms with Crippen molar-refractivity contribution in [2.45, 2.75) is 12.5 Å². The number of nitrogens with two attached hydrogens (primary N) is 1. The van der Waals surface area contributed by atoms with Crippen LogP contribution in [-0.4, -0.2) is 19.0 Å². The minimum absolute atomic E-state index is 0.0839. The molecule has 0 radical (unpaired) electrons.